The largest absolute Gasteiger partial charge is 0.493 e. The highest BCUT2D eigenvalue weighted by Gasteiger charge is 2.10. The fourth-order valence-corrected chi connectivity index (χ4v) is 1.99. The van der Waals surface area contributed by atoms with Crippen LogP contribution in [0, 0.1) is 0 Å². The lowest BCUT2D eigenvalue weighted by atomic mass is 10.1. The van der Waals surface area contributed by atoms with Gasteiger partial charge in [-0.3, -0.25) is 0 Å². The molecule has 0 heterocycles. The first kappa shape index (κ1) is 14.8. The van der Waals surface area contributed by atoms with Crippen LogP contribution in [0.5, 0.6) is 11.5 Å². The van der Waals surface area contributed by atoms with Gasteiger partial charge in [0.2, 0.25) is 0 Å². The van der Waals surface area contributed by atoms with Gasteiger partial charge in [-0.2, -0.15) is 0 Å². The van der Waals surface area contributed by atoms with Crippen molar-refractivity contribution in [2.45, 2.75) is 52.2 Å². The van der Waals surface area contributed by atoms with E-state index in [1.165, 1.54) is 5.56 Å². The molecule has 2 unspecified atom stereocenters. The van der Waals surface area contributed by atoms with Gasteiger partial charge in [0, 0.05) is 6.04 Å². The van der Waals surface area contributed by atoms with Gasteiger partial charge in [0.1, 0.15) is 0 Å². The van der Waals surface area contributed by atoms with Gasteiger partial charge in [-0.25, -0.2) is 0 Å². The Hall–Kier alpha value is -1.22. The third-order valence-electron chi connectivity index (χ3n) is 2.81. The lowest BCUT2D eigenvalue weighted by Crippen LogP contribution is -2.18. The van der Waals surface area contributed by atoms with Gasteiger partial charge in [-0.15, -0.1) is 0 Å². The van der Waals surface area contributed by atoms with Crippen molar-refractivity contribution in [2.75, 3.05) is 7.11 Å². The Morgan fingerprint density at radius 1 is 1.22 bits per heavy atom. The van der Waals surface area contributed by atoms with E-state index < -0.39 is 0 Å². The number of hydrogen-bond acceptors (Lipinski definition) is 3. The van der Waals surface area contributed by atoms with Crippen LogP contribution in [0.25, 0.3) is 0 Å². The lowest BCUT2D eigenvalue weighted by molar-refractivity contribution is 0.201. The van der Waals surface area contributed by atoms with E-state index in [4.69, 9.17) is 15.2 Å². The molecule has 0 amide bonds. The van der Waals surface area contributed by atoms with E-state index in [1.54, 1.807) is 7.11 Å². The van der Waals surface area contributed by atoms with Gasteiger partial charge in [-0.1, -0.05) is 19.4 Å². The average molecular weight is 251 g/mol. The summed E-state index contributed by atoms with van der Waals surface area (Å²) in [6, 6.07) is 6.19. The van der Waals surface area contributed by atoms with Crippen molar-refractivity contribution in [2.24, 2.45) is 5.73 Å². The van der Waals surface area contributed by atoms with E-state index in [2.05, 4.69) is 19.9 Å². The molecule has 0 saturated heterocycles. The summed E-state index contributed by atoms with van der Waals surface area (Å²) in [6.07, 6.45) is 3.22. The van der Waals surface area contributed by atoms with E-state index in [9.17, 15) is 0 Å². The predicted octanol–water partition coefficient (Wildman–Crippen LogP) is 3.15. The SMILES string of the molecule is CCCC(C)Oc1ccc(CC(C)N)cc1OC. The molecule has 0 spiro atoms. The molecule has 2 atom stereocenters. The third kappa shape index (κ3) is 4.57. The minimum absolute atomic E-state index is 0.153. The standard InChI is InChI=1S/C15H25NO2/c1-5-6-12(3)18-14-8-7-13(9-11(2)16)10-15(14)17-4/h7-8,10-12H,5-6,9,16H2,1-4H3. The molecule has 0 bridgehead atoms. The summed E-state index contributed by atoms with van der Waals surface area (Å²) in [4.78, 5) is 0. The molecule has 0 aliphatic heterocycles. The average Bonchev–Trinajstić information content (AvgIpc) is 2.30. The quantitative estimate of drug-likeness (QED) is 0.809. The van der Waals surface area contributed by atoms with E-state index >= 15 is 0 Å². The van der Waals surface area contributed by atoms with Crippen LogP contribution < -0.4 is 15.2 Å². The van der Waals surface area contributed by atoms with Crippen LogP contribution in [0.15, 0.2) is 18.2 Å². The number of hydrogen-bond donors (Lipinski definition) is 1. The monoisotopic (exact) mass is 251 g/mol. The molecule has 102 valence electrons. The van der Waals surface area contributed by atoms with Crippen molar-refractivity contribution < 1.29 is 9.47 Å². The summed E-state index contributed by atoms with van der Waals surface area (Å²) in [7, 11) is 1.67. The number of benzene rings is 1. The van der Waals surface area contributed by atoms with Gasteiger partial charge in [-0.05, 0) is 44.4 Å². The summed E-state index contributed by atoms with van der Waals surface area (Å²) in [5, 5.41) is 0. The van der Waals surface area contributed by atoms with Gasteiger partial charge < -0.3 is 15.2 Å². The molecule has 1 rings (SSSR count). The molecule has 1 aromatic carbocycles. The van der Waals surface area contributed by atoms with Gasteiger partial charge in [0.25, 0.3) is 0 Å². The third-order valence-corrected chi connectivity index (χ3v) is 2.81. The number of rotatable bonds is 7. The molecule has 3 nitrogen and oxygen atoms in total. The summed E-state index contributed by atoms with van der Waals surface area (Å²) in [5.74, 6) is 1.60. The molecule has 0 aliphatic rings. The zero-order valence-electron chi connectivity index (χ0n) is 11.9. The second-order valence-electron chi connectivity index (χ2n) is 4.88. The lowest BCUT2D eigenvalue weighted by Gasteiger charge is -2.17. The summed E-state index contributed by atoms with van der Waals surface area (Å²) >= 11 is 0. The Morgan fingerprint density at radius 2 is 1.94 bits per heavy atom. The molecule has 0 aliphatic carbocycles. The molecule has 0 aromatic heterocycles. The fourth-order valence-electron chi connectivity index (χ4n) is 1.99. The summed E-state index contributed by atoms with van der Waals surface area (Å²) in [6.45, 7) is 6.24. The highest BCUT2D eigenvalue weighted by atomic mass is 16.5. The first-order valence-electron chi connectivity index (χ1n) is 6.66. The Morgan fingerprint density at radius 3 is 2.50 bits per heavy atom. The van der Waals surface area contributed by atoms with Crippen LogP contribution in [-0.2, 0) is 6.42 Å². The number of nitrogens with two attached hydrogens (primary N) is 1. The second-order valence-corrected chi connectivity index (χ2v) is 4.88. The van der Waals surface area contributed by atoms with E-state index in [1.807, 2.05) is 19.1 Å². The van der Waals surface area contributed by atoms with Crippen molar-refractivity contribution >= 4 is 0 Å². The molecule has 0 saturated carbocycles. The van der Waals surface area contributed by atoms with E-state index in [-0.39, 0.29) is 12.1 Å². The van der Waals surface area contributed by atoms with Crippen molar-refractivity contribution in [1.82, 2.24) is 0 Å². The van der Waals surface area contributed by atoms with Crippen molar-refractivity contribution in [1.29, 1.82) is 0 Å². The molecular formula is C15H25NO2. The number of ether oxygens (including phenoxy) is 2. The topological polar surface area (TPSA) is 44.5 Å². The maximum Gasteiger partial charge on any atom is 0.161 e. The Bertz CT molecular complexity index is 364. The van der Waals surface area contributed by atoms with Crippen molar-refractivity contribution in [3.05, 3.63) is 23.8 Å². The minimum Gasteiger partial charge on any atom is -0.493 e. The molecule has 1 aromatic rings. The second kappa shape index (κ2) is 7.27. The molecule has 3 heteroatoms. The van der Waals surface area contributed by atoms with E-state index in [0.717, 1.165) is 30.8 Å². The molecule has 18 heavy (non-hydrogen) atoms. The van der Waals surface area contributed by atoms with Crippen LogP contribution >= 0.6 is 0 Å². The maximum absolute atomic E-state index is 5.88. The van der Waals surface area contributed by atoms with Crippen LogP contribution in [0.2, 0.25) is 0 Å². The maximum atomic E-state index is 5.88. The van der Waals surface area contributed by atoms with Crippen molar-refractivity contribution in [3.8, 4) is 11.5 Å². The van der Waals surface area contributed by atoms with Gasteiger partial charge in [0.15, 0.2) is 11.5 Å². The van der Waals surface area contributed by atoms with Crippen LogP contribution in [0.3, 0.4) is 0 Å². The van der Waals surface area contributed by atoms with Crippen molar-refractivity contribution in [3.63, 3.8) is 0 Å². The summed E-state index contributed by atoms with van der Waals surface area (Å²) < 4.78 is 11.3. The van der Waals surface area contributed by atoms with Crippen LogP contribution in [0.1, 0.15) is 39.2 Å². The fraction of sp³-hybridized carbons (Fsp3) is 0.600. The molecule has 0 fully saturated rings. The Labute approximate surface area is 110 Å². The Balaban J connectivity index is 2.79. The molecular weight excluding hydrogens is 226 g/mol. The smallest absolute Gasteiger partial charge is 0.161 e. The first-order chi connectivity index (χ1) is 8.56. The zero-order valence-corrected chi connectivity index (χ0v) is 11.9. The highest BCUT2D eigenvalue weighted by molar-refractivity contribution is 5.43. The van der Waals surface area contributed by atoms with Crippen LogP contribution in [-0.4, -0.2) is 19.3 Å². The summed E-state index contributed by atoms with van der Waals surface area (Å²) in [5.41, 5.74) is 6.98. The Kier molecular flexibility index (Phi) is 5.99. The molecule has 2 N–H and O–H groups in total. The van der Waals surface area contributed by atoms with Crippen LogP contribution in [0.4, 0.5) is 0 Å². The highest BCUT2D eigenvalue weighted by Crippen LogP contribution is 2.29. The van der Waals surface area contributed by atoms with E-state index in [0.29, 0.717) is 0 Å². The van der Waals surface area contributed by atoms with Gasteiger partial charge >= 0.3 is 0 Å². The molecule has 0 radical (unpaired) electrons. The normalized spacial score (nSPS) is 14.1. The zero-order chi connectivity index (χ0) is 13.5. The predicted molar refractivity (Wildman–Crippen MR) is 75.3 cm³/mol. The minimum atomic E-state index is 0.153. The first-order valence-corrected chi connectivity index (χ1v) is 6.66. The van der Waals surface area contributed by atoms with Gasteiger partial charge in [0.05, 0.1) is 13.2 Å². The number of methoxy groups -OCH3 is 1.